The van der Waals surface area contributed by atoms with Crippen LogP contribution in [-0.4, -0.2) is 51.7 Å². The number of carbonyl (C=O) groups excluding carboxylic acids is 2. The Balaban J connectivity index is 1.75. The third-order valence-electron chi connectivity index (χ3n) is 8.28. The summed E-state index contributed by atoms with van der Waals surface area (Å²) >= 11 is 0. The Morgan fingerprint density at radius 1 is 0.519 bits per heavy atom. The molecule has 6 aromatic carbocycles. The Kier molecular flexibility index (Phi) is 10.1. The number of methoxy groups -OCH3 is 2. The Hall–Kier alpha value is -5.72. The maximum Gasteiger partial charge on any atom is 0.454 e. The third kappa shape index (κ3) is 7.07. The van der Waals surface area contributed by atoms with Gasteiger partial charge >= 0.3 is 12.4 Å². The van der Waals surface area contributed by atoms with Crippen LogP contribution in [0.1, 0.15) is 20.7 Å². The molecule has 6 aromatic rings. The van der Waals surface area contributed by atoms with E-state index < -0.39 is 35.0 Å². The molecule has 0 amide bonds. The van der Waals surface area contributed by atoms with Gasteiger partial charge in [-0.3, -0.25) is 9.59 Å². The van der Waals surface area contributed by atoms with Gasteiger partial charge in [0.2, 0.25) is 0 Å². The predicted molar refractivity (Wildman–Crippen MR) is 184 cm³/mol. The normalized spacial score (nSPS) is 11.9. The van der Waals surface area contributed by atoms with Crippen LogP contribution in [0, 0.1) is 0 Å². The number of hydrogen-bond acceptors (Lipinski definition) is 6. The summed E-state index contributed by atoms with van der Waals surface area (Å²) in [5.74, 6) is -3.73. The summed E-state index contributed by atoms with van der Waals surface area (Å²) in [5, 5.41) is 2.50. The lowest BCUT2D eigenvalue weighted by molar-refractivity contribution is -0.0888. The highest BCUT2D eigenvalue weighted by atomic mass is 19.4. The second kappa shape index (κ2) is 14.5. The summed E-state index contributed by atoms with van der Waals surface area (Å²) in [4.78, 5) is 24.6. The molecule has 52 heavy (non-hydrogen) atoms. The molecule has 0 atom stereocenters. The number of carbonyl (C=O) groups is 2. The average molecular weight is 719 g/mol. The van der Waals surface area contributed by atoms with Crippen LogP contribution in [0.4, 0.5) is 26.3 Å². The Morgan fingerprint density at radius 3 is 1.27 bits per heavy atom. The van der Waals surface area contributed by atoms with Gasteiger partial charge in [-0.1, -0.05) is 84.9 Å². The minimum absolute atomic E-state index is 0.155. The van der Waals surface area contributed by atoms with Crippen LogP contribution in [0.5, 0.6) is 11.5 Å². The van der Waals surface area contributed by atoms with Crippen molar-refractivity contribution < 1.29 is 54.9 Å². The van der Waals surface area contributed by atoms with E-state index in [0.717, 1.165) is 24.3 Å². The Morgan fingerprint density at radius 2 is 0.904 bits per heavy atom. The van der Waals surface area contributed by atoms with Crippen molar-refractivity contribution in [3.63, 3.8) is 0 Å². The Bertz CT molecular complexity index is 2150. The van der Waals surface area contributed by atoms with Gasteiger partial charge in [-0.25, -0.2) is 0 Å². The van der Waals surface area contributed by atoms with Crippen LogP contribution >= 0.6 is 0 Å². The van der Waals surface area contributed by atoms with Crippen LogP contribution in [0.15, 0.2) is 109 Å². The van der Waals surface area contributed by atoms with Gasteiger partial charge in [0.05, 0.1) is 0 Å². The monoisotopic (exact) mass is 718 g/mol. The second-order valence-corrected chi connectivity index (χ2v) is 11.6. The molecular weight excluding hydrogens is 690 g/mol. The van der Waals surface area contributed by atoms with Gasteiger partial charge < -0.3 is 18.9 Å². The predicted octanol–water partition coefficient (Wildman–Crippen LogP) is 10.4. The zero-order valence-electron chi connectivity index (χ0n) is 27.5. The van der Waals surface area contributed by atoms with Crippen molar-refractivity contribution in [1.29, 1.82) is 0 Å². The lowest BCUT2D eigenvalue weighted by atomic mass is 9.86. The molecule has 6 nitrogen and oxygen atoms in total. The molecule has 0 heterocycles. The molecule has 0 N–H and O–H groups in total. The fraction of sp³-hybridized carbons (Fsp3) is 0.150. The van der Waals surface area contributed by atoms with Crippen molar-refractivity contribution in [1.82, 2.24) is 0 Å². The van der Waals surface area contributed by atoms with E-state index in [1.807, 2.05) is 12.1 Å². The van der Waals surface area contributed by atoms with Crippen molar-refractivity contribution in [3.05, 3.63) is 120 Å². The molecule has 0 aliphatic carbocycles. The number of benzene rings is 6. The quantitative estimate of drug-likeness (QED) is 0.0755. The van der Waals surface area contributed by atoms with Gasteiger partial charge in [0.15, 0.2) is 13.6 Å². The molecule has 6 rings (SSSR count). The van der Waals surface area contributed by atoms with Gasteiger partial charge in [0.1, 0.15) is 11.5 Å². The number of ketones is 2. The van der Waals surface area contributed by atoms with Crippen LogP contribution in [-0.2, 0) is 9.47 Å². The maximum atomic E-state index is 13.5. The van der Waals surface area contributed by atoms with Crippen molar-refractivity contribution >= 4 is 33.1 Å². The first kappa shape index (κ1) is 36.1. The molecule has 12 heteroatoms. The fourth-order valence-electron chi connectivity index (χ4n) is 6.10. The Labute approximate surface area is 293 Å². The van der Waals surface area contributed by atoms with E-state index in [9.17, 15) is 35.9 Å². The number of fused-ring (bicyclic) bond motifs is 2. The summed E-state index contributed by atoms with van der Waals surface area (Å²) in [7, 11) is 2.78. The van der Waals surface area contributed by atoms with E-state index in [-0.39, 0.29) is 36.2 Å². The zero-order chi connectivity index (χ0) is 37.2. The summed E-state index contributed by atoms with van der Waals surface area (Å²) in [5.41, 5.74) is 0.732. The van der Waals surface area contributed by atoms with E-state index in [4.69, 9.17) is 18.9 Å². The van der Waals surface area contributed by atoms with Gasteiger partial charge in [-0.2, -0.15) is 26.3 Å². The molecular formula is C40H28F6O6. The number of Topliss-reactive ketones (excluding diaryl/α,β-unsaturated/α-hetero) is 2. The smallest absolute Gasteiger partial charge is 0.454 e. The largest absolute Gasteiger partial charge is 0.466 e. The van der Waals surface area contributed by atoms with Gasteiger partial charge in [-0.15, -0.1) is 0 Å². The van der Waals surface area contributed by atoms with E-state index in [0.29, 0.717) is 43.8 Å². The number of halogens is 6. The van der Waals surface area contributed by atoms with Crippen LogP contribution in [0.25, 0.3) is 54.9 Å². The SMILES string of the molecule is COCOc1c(-c2cccc(C(=O)C(F)(F)F)c2)cc2ccccc2c1-c1c(OCOC)c(-c2cccc(C(=O)C(F)(F)F)c2)cc2ccccc12. The summed E-state index contributed by atoms with van der Waals surface area (Å²) in [6.07, 6.45) is -10.2. The summed E-state index contributed by atoms with van der Waals surface area (Å²) in [6, 6.07) is 27.9. The van der Waals surface area contributed by atoms with E-state index >= 15 is 0 Å². The van der Waals surface area contributed by atoms with Gasteiger partial charge in [0.25, 0.3) is 11.6 Å². The summed E-state index contributed by atoms with van der Waals surface area (Å²) < 4.78 is 104. The van der Waals surface area contributed by atoms with Crippen molar-refractivity contribution in [2.45, 2.75) is 12.4 Å². The van der Waals surface area contributed by atoms with Crippen molar-refractivity contribution in [2.24, 2.45) is 0 Å². The molecule has 0 saturated carbocycles. The zero-order valence-corrected chi connectivity index (χ0v) is 27.5. The molecule has 0 saturated heterocycles. The first-order chi connectivity index (χ1) is 24.8. The molecule has 0 fully saturated rings. The number of hydrogen-bond donors (Lipinski definition) is 0. The second-order valence-electron chi connectivity index (χ2n) is 11.6. The molecule has 0 unspecified atom stereocenters. The molecule has 0 spiro atoms. The highest BCUT2D eigenvalue weighted by Crippen LogP contribution is 2.52. The van der Waals surface area contributed by atoms with E-state index in [2.05, 4.69) is 0 Å². The lowest BCUT2D eigenvalue weighted by Crippen LogP contribution is -2.22. The van der Waals surface area contributed by atoms with Crippen LogP contribution in [0.2, 0.25) is 0 Å². The van der Waals surface area contributed by atoms with E-state index in [1.54, 1.807) is 60.7 Å². The number of alkyl halides is 6. The molecule has 0 aliphatic heterocycles. The first-order valence-electron chi connectivity index (χ1n) is 15.6. The fourth-order valence-corrected chi connectivity index (χ4v) is 6.10. The van der Waals surface area contributed by atoms with Crippen molar-refractivity contribution in [2.75, 3.05) is 27.8 Å². The first-order valence-corrected chi connectivity index (χ1v) is 15.6. The molecule has 0 aliphatic rings. The molecule has 266 valence electrons. The van der Waals surface area contributed by atoms with Crippen LogP contribution < -0.4 is 9.47 Å². The van der Waals surface area contributed by atoms with Gasteiger partial charge in [-0.05, 0) is 56.9 Å². The summed E-state index contributed by atoms with van der Waals surface area (Å²) in [6.45, 7) is -0.597. The minimum atomic E-state index is -5.11. The molecule has 0 bridgehead atoms. The van der Waals surface area contributed by atoms with Crippen molar-refractivity contribution in [3.8, 4) is 44.9 Å². The number of ether oxygens (including phenoxy) is 4. The molecule has 0 aromatic heterocycles. The maximum absolute atomic E-state index is 13.5. The standard InChI is InChI=1S/C40H28F6O6/c1-49-21-51-35-31(23-11-7-13-27(17-23)37(47)39(41,42)43)19-25-9-3-5-15-29(25)33(35)34-30-16-6-4-10-26(30)20-32(36(34)52-22-50-2)24-12-8-14-28(18-24)38(48)40(44,45)46/h3-20H,21-22H2,1-2H3. The topological polar surface area (TPSA) is 71.1 Å². The van der Waals surface area contributed by atoms with Gasteiger partial charge in [0, 0.05) is 47.6 Å². The lowest BCUT2D eigenvalue weighted by Gasteiger charge is -2.24. The average Bonchev–Trinajstić information content (AvgIpc) is 3.14. The van der Waals surface area contributed by atoms with E-state index in [1.165, 1.54) is 26.4 Å². The van der Waals surface area contributed by atoms with Crippen LogP contribution in [0.3, 0.4) is 0 Å². The third-order valence-corrected chi connectivity index (χ3v) is 8.28. The number of rotatable bonds is 11. The highest BCUT2D eigenvalue weighted by molar-refractivity contribution is 6.14. The molecule has 0 radical (unpaired) electrons. The minimum Gasteiger partial charge on any atom is -0.466 e. The highest BCUT2D eigenvalue weighted by Gasteiger charge is 2.40.